The lowest BCUT2D eigenvalue weighted by atomic mass is 10.0. The summed E-state index contributed by atoms with van der Waals surface area (Å²) in [6.07, 6.45) is 3.76. The molecule has 3 rings (SSSR count). The molecule has 5 nitrogen and oxygen atoms in total. The molecule has 0 aliphatic rings. The van der Waals surface area contributed by atoms with Gasteiger partial charge >= 0.3 is 0 Å². The van der Waals surface area contributed by atoms with Gasteiger partial charge in [-0.25, -0.2) is 0 Å². The minimum absolute atomic E-state index is 0.00590. The molecule has 0 atom stereocenters. The van der Waals surface area contributed by atoms with Gasteiger partial charge in [0, 0.05) is 30.9 Å². The molecule has 23 heavy (non-hydrogen) atoms. The summed E-state index contributed by atoms with van der Waals surface area (Å²) in [6.45, 7) is 0.507. The minimum atomic E-state index is -0.158. The summed E-state index contributed by atoms with van der Waals surface area (Å²) in [7, 11) is 0. The molecule has 0 fully saturated rings. The van der Waals surface area contributed by atoms with Crippen LogP contribution in [0.2, 0.25) is 0 Å². The van der Waals surface area contributed by atoms with Crippen molar-refractivity contribution in [3.8, 4) is 0 Å². The van der Waals surface area contributed by atoms with Crippen LogP contribution in [-0.4, -0.2) is 28.0 Å². The zero-order valence-corrected chi connectivity index (χ0v) is 12.6. The average Bonchev–Trinajstić information content (AvgIpc) is 3.11. The number of rotatable bonds is 6. The van der Waals surface area contributed by atoms with E-state index in [0.717, 1.165) is 10.8 Å². The van der Waals surface area contributed by atoms with Crippen LogP contribution in [0.4, 0.5) is 0 Å². The van der Waals surface area contributed by atoms with Gasteiger partial charge in [0.05, 0.1) is 6.54 Å². The maximum atomic E-state index is 12.4. The molecule has 1 amide bonds. The van der Waals surface area contributed by atoms with Crippen LogP contribution in [0.15, 0.2) is 60.9 Å². The van der Waals surface area contributed by atoms with E-state index in [2.05, 4.69) is 10.4 Å². The van der Waals surface area contributed by atoms with Gasteiger partial charge in [-0.05, 0) is 16.8 Å². The van der Waals surface area contributed by atoms with E-state index in [0.29, 0.717) is 18.5 Å². The minimum Gasteiger partial charge on any atom is -0.349 e. The highest BCUT2D eigenvalue weighted by molar-refractivity contribution is 6.09. The van der Waals surface area contributed by atoms with E-state index in [9.17, 15) is 9.59 Å². The van der Waals surface area contributed by atoms with Gasteiger partial charge in [0.1, 0.15) is 0 Å². The fourth-order valence-electron chi connectivity index (χ4n) is 2.48. The van der Waals surface area contributed by atoms with E-state index < -0.39 is 0 Å². The van der Waals surface area contributed by atoms with Gasteiger partial charge in [0.25, 0.3) is 0 Å². The van der Waals surface area contributed by atoms with E-state index in [1.807, 2.05) is 42.5 Å². The summed E-state index contributed by atoms with van der Waals surface area (Å²) in [5.74, 6) is -0.247. The number of hydrogen-bond donors (Lipinski definition) is 1. The van der Waals surface area contributed by atoms with Gasteiger partial charge < -0.3 is 5.32 Å². The van der Waals surface area contributed by atoms with Crippen LogP contribution in [0.25, 0.3) is 10.8 Å². The topological polar surface area (TPSA) is 64.0 Å². The number of ketones is 1. The summed E-state index contributed by atoms with van der Waals surface area (Å²) in [5, 5.41) is 8.64. The van der Waals surface area contributed by atoms with Crippen molar-refractivity contribution in [3.05, 3.63) is 66.5 Å². The third-order valence-corrected chi connectivity index (χ3v) is 3.66. The van der Waals surface area contributed by atoms with E-state index in [1.54, 1.807) is 23.1 Å². The molecular formula is C18H17N3O2. The molecule has 0 radical (unpaired) electrons. The van der Waals surface area contributed by atoms with Crippen LogP contribution in [-0.2, 0) is 11.3 Å². The summed E-state index contributed by atoms with van der Waals surface area (Å²) >= 11 is 0. The predicted molar refractivity (Wildman–Crippen MR) is 88.1 cm³/mol. The van der Waals surface area contributed by atoms with Crippen LogP contribution in [0, 0.1) is 0 Å². The van der Waals surface area contributed by atoms with E-state index in [4.69, 9.17) is 0 Å². The Kier molecular flexibility index (Phi) is 4.47. The molecule has 5 heteroatoms. The zero-order valence-electron chi connectivity index (χ0n) is 12.6. The lowest BCUT2D eigenvalue weighted by Gasteiger charge is -2.07. The maximum Gasteiger partial charge on any atom is 0.222 e. The molecule has 2 aromatic carbocycles. The molecule has 3 aromatic rings. The number of aromatic nitrogens is 2. The largest absolute Gasteiger partial charge is 0.349 e. The lowest BCUT2D eigenvalue weighted by Crippen LogP contribution is -2.30. The maximum absolute atomic E-state index is 12.4. The number of nitrogens with one attached hydrogen (secondary N) is 1. The first kappa shape index (κ1) is 15.0. The Morgan fingerprint density at radius 2 is 1.87 bits per heavy atom. The second-order valence-corrected chi connectivity index (χ2v) is 5.25. The van der Waals surface area contributed by atoms with Crippen LogP contribution < -0.4 is 5.32 Å². The first-order chi connectivity index (χ1) is 11.2. The van der Waals surface area contributed by atoms with Crippen molar-refractivity contribution in [3.63, 3.8) is 0 Å². The fraction of sp³-hybridized carbons (Fsp3) is 0.167. The van der Waals surface area contributed by atoms with Gasteiger partial charge in [-0.2, -0.15) is 5.10 Å². The number of Topliss-reactive ketones (excluding diaryl/α,β-unsaturated/α-hetero) is 1. The third-order valence-electron chi connectivity index (χ3n) is 3.66. The van der Waals surface area contributed by atoms with Gasteiger partial charge in [0.15, 0.2) is 5.78 Å². The molecule has 0 bridgehead atoms. The molecule has 1 aromatic heterocycles. The third kappa shape index (κ3) is 3.63. The van der Waals surface area contributed by atoms with Crippen molar-refractivity contribution >= 4 is 22.5 Å². The standard InChI is InChI=1S/C18H17N3O2/c22-17(13-19-18(23)9-12-21-11-4-10-20-21)16-8-3-6-14-5-1-2-7-15(14)16/h1-8,10-11H,9,12-13H2,(H,19,23). The molecule has 116 valence electrons. The molecule has 0 unspecified atom stereocenters. The van der Waals surface area contributed by atoms with Crippen LogP contribution in [0.5, 0.6) is 0 Å². The van der Waals surface area contributed by atoms with Gasteiger partial charge in [-0.3, -0.25) is 14.3 Å². The van der Waals surface area contributed by atoms with Gasteiger partial charge in [-0.15, -0.1) is 0 Å². The zero-order chi connectivity index (χ0) is 16.1. The van der Waals surface area contributed by atoms with E-state index in [-0.39, 0.29) is 18.2 Å². The number of hydrogen-bond acceptors (Lipinski definition) is 3. The number of nitrogens with zero attached hydrogens (tertiary/aromatic N) is 2. The smallest absolute Gasteiger partial charge is 0.222 e. The van der Waals surface area contributed by atoms with Crippen LogP contribution in [0.3, 0.4) is 0 Å². The Bertz CT molecular complexity index is 820. The summed E-state index contributed by atoms with van der Waals surface area (Å²) < 4.78 is 1.69. The van der Waals surface area contributed by atoms with E-state index in [1.165, 1.54) is 0 Å². The first-order valence-corrected chi connectivity index (χ1v) is 7.49. The Morgan fingerprint density at radius 1 is 1.04 bits per heavy atom. The Labute approximate surface area is 133 Å². The highest BCUT2D eigenvalue weighted by atomic mass is 16.2. The average molecular weight is 307 g/mol. The first-order valence-electron chi connectivity index (χ1n) is 7.49. The van der Waals surface area contributed by atoms with Gasteiger partial charge in [-0.1, -0.05) is 42.5 Å². The highest BCUT2D eigenvalue weighted by Crippen LogP contribution is 2.18. The second kappa shape index (κ2) is 6.87. The summed E-state index contributed by atoms with van der Waals surface area (Å²) in [5.41, 5.74) is 0.635. The van der Waals surface area contributed by atoms with Crippen molar-refractivity contribution in [2.24, 2.45) is 0 Å². The normalized spacial score (nSPS) is 10.6. The Hall–Kier alpha value is -2.95. The van der Waals surface area contributed by atoms with Crippen LogP contribution >= 0.6 is 0 Å². The number of aryl methyl sites for hydroxylation is 1. The van der Waals surface area contributed by atoms with Crippen LogP contribution in [0.1, 0.15) is 16.8 Å². The Morgan fingerprint density at radius 3 is 2.70 bits per heavy atom. The monoisotopic (exact) mass is 307 g/mol. The molecule has 0 aliphatic heterocycles. The fourth-order valence-corrected chi connectivity index (χ4v) is 2.48. The lowest BCUT2D eigenvalue weighted by molar-refractivity contribution is -0.121. The number of benzene rings is 2. The molecule has 1 N–H and O–H groups in total. The van der Waals surface area contributed by atoms with E-state index >= 15 is 0 Å². The van der Waals surface area contributed by atoms with Crippen molar-refractivity contribution in [1.82, 2.24) is 15.1 Å². The van der Waals surface area contributed by atoms with Gasteiger partial charge in [0.2, 0.25) is 5.91 Å². The molecule has 0 saturated heterocycles. The molecular weight excluding hydrogens is 290 g/mol. The predicted octanol–water partition coefficient (Wildman–Crippen LogP) is 2.43. The highest BCUT2D eigenvalue weighted by Gasteiger charge is 2.11. The Balaban J connectivity index is 1.59. The number of carbonyl (C=O) groups excluding carboxylic acids is 2. The second-order valence-electron chi connectivity index (χ2n) is 5.25. The molecule has 0 aliphatic carbocycles. The molecule has 0 saturated carbocycles. The molecule has 0 spiro atoms. The number of amides is 1. The van der Waals surface area contributed by atoms with Crippen molar-refractivity contribution in [2.75, 3.05) is 6.54 Å². The summed E-state index contributed by atoms with van der Waals surface area (Å²) in [6, 6.07) is 15.2. The number of carbonyl (C=O) groups is 2. The molecule has 1 heterocycles. The summed E-state index contributed by atoms with van der Waals surface area (Å²) in [4.78, 5) is 24.2. The SMILES string of the molecule is O=C(CCn1cccn1)NCC(=O)c1cccc2ccccc12. The van der Waals surface area contributed by atoms with Crippen molar-refractivity contribution in [1.29, 1.82) is 0 Å². The van der Waals surface area contributed by atoms with Crippen molar-refractivity contribution < 1.29 is 9.59 Å². The van der Waals surface area contributed by atoms with Crippen molar-refractivity contribution in [2.45, 2.75) is 13.0 Å². The quantitative estimate of drug-likeness (QED) is 0.711. The number of fused-ring (bicyclic) bond motifs is 1.